The molecule has 0 saturated heterocycles. The number of nitrogens with one attached hydrogen (secondary N) is 1. The molecule has 3 N–H and O–H groups in total. The SMILES string of the molecule is CC(Sc1nnc(SCC(N)=O)s1)C(=O)NC(C)C1CC2CCC1C2. The topological polar surface area (TPSA) is 98.0 Å². The summed E-state index contributed by atoms with van der Waals surface area (Å²) in [5.74, 6) is 2.20. The van der Waals surface area contributed by atoms with Gasteiger partial charge in [-0.1, -0.05) is 41.3 Å². The Morgan fingerprint density at radius 1 is 1.28 bits per heavy atom. The molecule has 1 aromatic heterocycles. The van der Waals surface area contributed by atoms with Crippen molar-refractivity contribution in [2.45, 2.75) is 59.5 Å². The number of rotatable bonds is 8. The van der Waals surface area contributed by atoms with Crippen molar-refractivity contribution < 1.29 is 9.59 Å². The van der Waals surface area contributed by atoms with Gasteiger partial charge in [0.05, 0.1) is 11.0 Å². The maximum Gasteiger partial charge on any atom is 0.233 e. The highest BCUT2D eigenvalue weighted by molar-refractivity contribution is 8.04. The molecule has 5 atom stereocenters. The summed E-state index contributed by atoms with van der Waals surface area (Å²) in [6.07, 6.45) is 5.33. The lowest BCUT2D eigenvalue weighted by atomic mass is 9.84. The fraction of sp³-hybridized carbons (Fsp3) is 0.750. The first-order chi connectivity index (χ1) is 11.9. The second kappa shape index (κ2) is 8.26. The molecule has 3 rings (SSSR count). The zero-order valence-corrected chi connectivity index (χ0v) is 16.9. The number of aromatic nitrogens is 2. The van der Waals surface area contributed by atoms with Crippen LogP contribution in [0.4, 0.5) is 0 Å². The van der Waals surface area contributed by atoms with Gasteiger partial charge in [0.1, 0.15) is 0 Å². The van der Waals surface area contributed by atoms with Crippen LogP contribution in [-0.4, -0.2) is 39.1 Å². The number of hydrogen-bond donors (Lipinski definition) is 2. The number of carbonyl (C=O) groups excluding carboxylic acids is 2. The molecule has 1 aromatic rings. The number of carbonyl (C=O) groups is 2. The van der Waals surface area contributed by atoms with Crippen LogP contribution in [0.1, 0.15) is 39.5 Å². The molecule has 0 radical (unpaired) electrons. The minimum atomic E-state index is -0.378. The first-order valence-electron chi connectivity index (χ1n) is 8.64. The molecule has 0 aromatic carbocycles. The fourth-order valence-corrected chi connectivity index (χ4v) is 6.91. The van der Waals surface area contributed by atoms with E-state index in [4.69, 9.17) is 5.73 Å². The number of nitrogens with zero attached hydrogens (tertiary/aromatic N) is 2. The van der Waals surface area contributed by atoms with Crippen molar-refractivity contribution in [2.75, 3.05) is 5.75 Å². The number of primary amides is 1. The van der Waals surface area contributed by atoms with Crippen molar-refractivity contribution in [3.63, 3.8) is 0 Å². The highest BCUT2D eigenvalue weighted by atomic mass is 32.2. The number of hydrogen-bond acceptors (Lipinski definition) is 7. The predicted octanol–water partition coefficient (Wildman–Crippen LogP) is 2.54. The molecule has 138 valence electrons. The maximum atomic E-state index is 12.5. The lowest BCUT2D eigenvalue weighted by Gasteiger charge is -2.29. The summed E-state index contributed by atoms with van der Waals surface area (Å²) >= 11 is 4.08. The van der Waals surface area contributed by atoms with Gasteiger partial charge < -0.3 is 11.1 Å². The highest BCUT2D eigenvalue weighted by Gasteiger charge is 2.42. The van der Waals surface area contributed by atoms with Gasteiger partial charge in [0.25, 0.3) is 0 Å². The molecule has 2 aliphatic carbocycles. The summed E-state index contributed by atoms with van der Waals surface area (Å²) in [5, 5.41) is 11.1. The van der Waals surface area contributed by atoms with Crippen molar-refractivity contribution in [3.05, 3.63) is 0 Å². The molecule has 9 heteroatoms. The normalized spacial score (nSPS) is 27.2. The van der Waals surface area contributed by atoms with Crippen LogP contribution in [-0.2, 0) is 9.59 Å². The standard InChI is InChI=1S/C16H24N4O2S3/c1-8(12-6-10-3-4-11(12)5-10)18-14(22)9(2)24-16-20-19-15(25-16)23-7-13(17)21/h8-12H,3-7H2,1-2H3,(H2,17,21)(H,18,22). The van der Waals surface area contributed by atoms with Gasteiger partial charge in [-0.05, 0) is 50.9 Å². The Hall–Kier alpha value is -0.800. The quantitative estimate of drug-likeness (QED) is 0.651. The van der Waals surface area contributed by atoms with Crippen molar-refractivity contribution in [3.8, 4) is 0 Å². The molecule has 1 heterocycles. The van der Waals surface area contributed by atoms with Crippen LogP contribution in [0.15, 0.2) is 8.68 Å². The van der Waals surface area contributed by atoms with Gasteiger partial charge in [0, 0.05) is 6.04 Å². The molecule has 0 aliphatic heterocycles. The van der Waals surface area contributed by atoms with Gasteiger partial charge >= 0.3 is 0 Å². The van der Waals surface area contributed by atoms with E-state index in [2.05, 4.69) is 22.4 Å². The third kappa shape index (κ3) is 4.89. The first kappa shape index (κ1) is 19.0. The second-order valence-electron chi connectivity index (χ2n) is 6.98. The van der Waals surface area contributed by atoms with E-state index in [1.807, 2.05) is 6.92 Å². The van der Waals surface area contributed by atoms with E-state index >= 15 is 0 Å². The molecular weight excluding hydrogens is 376 g/mol. The summed E-state index contributed by atoms with van der Waals surface area (Å²) in [6, 6.07) is 0.238. The second-order valence-corrected chi connectivity index (χ2v) is 10.8. The minimum Gasteiger partial charge on any atom is -0.369 e. The van der Waals surface area contributed by atoms with E-state index in [1.54, 1.807) is 0 Å². The van der Waals surface area contributed by atoms with Crippen LogP contribution in [0.2, 0.25) is 0 Å². The third-order valence-electron chi connectivity index (χ3n) is 5.18. The number of nitrogens with two attached hydrogens (primary N) is 1. The Morgan fingerprint density at radius 2 is 2.04 bits per heavy atom. The number of thioether (sulfide) groups is 2. The smallest absolute Gasteiger partial charge is 0.233 e. The van der Waals surface area contributed by atoms with Crippen LogP contribution >= 0.6 is 34.9 Å². The van der Waals surface area contributed by atoms with Gasteiger partial charge in [0.15, 0.2) is 8.68 Å². The van der Waals surface area contributed by atoms with E-state index in [-0.39, 0.29) is 28.9 Å². The predicted molar refractivity (Wildman–Crippen MR) is 102 cm³/mol. The Kier molecular flexibility index (Phi) is 6.27. The zero-order valence-electron chi connectivity index (χ0n) is 14.4. The maximum absolute atomic E-state index is 12.5. The van der Waals surface area contributed by atoms with Gasteiger partial charge in [-0.3, -0.25) is 9.59 Å². The molecule has 25 heavy (non-hydrogen) atoms. The average Bonchev–Trinajstić information content (AvgIpc) is 3.29. The Morgan fingerprint density at radius 3 is 2.68 bits per heavy atom. The largest absolute Gasteiger partial charge is 0.369 e. The van der Waals surface area contributed by atoms with Crippen LogP contribution in [0, 0.1) is 17.8 Å². The van der Waals surface area contributed by atoms with Crippen molar-refractivity contribution in [1.82, 2.24) is 15.5 Å². The van der Waals surface area contributed by atoms with E-state index in [9.17, 15) is 9.59 Å². The van der Waals surface area contributed by atoms with Crippen molar-refractivity contribution in [2.24, 2.45) is 23.5 Å². The molecule has 0 spiro atoms. The average molecular weight is 401 g/mol. The summed E-state index contributed by atoms with van der Waals surface area (Å²) in [6.45, 7) is 4.04. The van der Waals surface area contributed by atoms with Crippen LogP contribution < -0.4 is 11.1 Å². The van der Waals surface area contributed by atoms with Gasteiger partial charge in [-0.15, -0.1) is 10.2 Å². The van der Waals surface area contributed by atoms with Crippen molar-refractivity contribution in [1.29, 1.82) is 0 Å². The lowest BCUT2D eigenvalue weighted by molar-refractivity contribution is -0.121. The monoisotopic (exact) mass is 400 g/mol. The van der Waals surface area contributed by atoms with Crippen LogP contribution in [0.5, 0.6) is 0 Å². The lowest BCUT2D eigenvalue weighted by Crippen LogP contribution is -2.43. The van der Waals surface area contributed by atoms with E-state index in [0.717, 1.165) is 16.2 Å². The molecule has 2 aliphatic rings. The van der Waals surface area contributed by atoms with Crippen LogP contribution in [0.25, 0.3) is 0 Å². The molecule has 6 nitrogen and oxygen atoms in total. The number of amides is 2. The van der Waals surface area contributed by atoms with E-state index in [0.29, 0.717) is 10.3 Å². The number of fused-ring (bicyclic) bond motifs is 2. The van der Waals surface area contributed by atoms with Gasteiger partial charge in [-0.2, -0.15) is 0 Å². The van der Waals surface area contributed by atoms with Gasteiger partial charge in [0.2, 0.25) is 11.8 Å². The van der Waals surface area contributed by atoms with E-state index in [1.165, 1.54) is 60.5 Å². The molecular formula is C16H24N4O2S3. The van der Waals surface area contributed by atoms with Crippen molar-refractivity contribution >= 4 is 46.7 Å². The highest BCUT2D eigenvalue weighted by Crippen LogP contribution is 2.49. The summed E-state index contributed by atoms with van der Waals surface area (Å²) in [4.78, 5) is 23.3. The summed E-state index contributed by atoms with van der Waals surface area (Å²) in [5.41, 5.74) is 5.13. The minimum absolute atomic E-state index is 0.0572. The molecule has 2 saturated carbocycles. The molecule has 5 unspecified atom stereocenters. The Bertz CT molecular complexity index is 639. The molecule has 2 fully saturated rings. The first-order valence-corrected chi connectivity index (χ1v) is 11.3. The molecule has 2 amide bonds. The Labute approximate surface area is 160 Å². The summed E-state index contributed by atoms with van der Waals surface area (Å²) in [7, 11) is 0. The van der Waals surface area contributed by atoms with E-state index < -0.39 is 0 Å². The summed E-state index contributed by atoms with van der Waals surface area (Å²) < 4.78 is 1.44. The van der Waals surface area contributed by atoms with Gasteiger partial charge in [-0.25, -0.2) is 0 Å². The van der Waals surface area contributed by atoms with Crippen LogP contribution in [0.3, 0.4) is 0 Å². The fourth-order valence-electron chi connectivity index (χ4n) is 4.00. The Balaban J connectivity index is 1.46. The molecule has 2 bridgehead atoms. The third-order valence-corrected chi connectivity index (χ3v) is 8.44. The zero-order chi connectivity index (χ0) is 18.0.